The molecule has 4 nitrogen and oxygen atoms in total. The normalized spacial score (nSPS) is 12.6. The molecule has 2 N–H and O–H groups in total. The third-order valence-electron chi connectivity index (χ3n) is 2.29. The maximum atomic E-state index is 13.5. The second-order valence-electron chi connectivity index (χ2n) is 4.60. The van der Waals surface area contributed by atoms with Gasteiger partial charge in [-0.25, -0.2) is 9.37 Å². The Bertz CT molecular complexity index is 354. The van der Waals surface area contributed by atoms with Gasteiger partial charge in [-0.05, 0) is 26.2 Å². The molecular formula is C12H21FN4. The molecule has 1 heterocycles. The molecule has 0 fully saturated rings. The molecule has 0 saturated carbocycles. The van der Waals surface area contributed by atoms with E-state index in [1.54, 1.807) is 0 Å². The smallest absolute Gasteiger partial charge is 0.224 e. The molecule has 1 unspecified atom stereocenters. The summed E-state index contributed by atoms with van der Waals surface area (Å²) in [6.07, 6.45) is 2.16. The fourth-order valence-corrected chi connectivity index (χ4v) is 1.71. The second kappa shape index (κ2) is 6.37. The molecule has 0 aliphatic heterocycles. The molecule has 0 aliphatic rings. The summed E-state index contributed by atoms with van der Waals surface area (Å²) in [5, 5.41) is 6.03. The predicted molar refractivity (Wildman–Crippen MR) is 68.7 cm³/mol. The number of nitrogens with zero attached hydrogens (tertiary/aromatic N) is 2. The first-order valence-corrected chi connectivity index (χ1v) is 6.05. The van der Waals surface area contributed by atoms with Crippen LogP contribution in [0.25, 0.3) is 0 Å². The van der Waals surface area contributed by atoms with Gasteiger partial charge in [0.1, 0.15) is 0 Å². The molecular weight excluding hydrogens is 219 g/mol. The summed E-state index contributed by atoms with van der Waals surface area (Å²) in [5.74, 6) is 0.871. The Balaban J connectivity index is 2.71. The highest BCUT2D eigenvalue weighted by molar-refractivity contribution is 5.41. The van der Waals surface area contributed by atoms with Crippen molar-refractivity contribution in [1.82, 2.24) is 9.97 Å². The van der Waals surface area contributed by atoms with Crippen molar-refractivity contribution in [2.24, 2.45) is 5.92 Å². The van der Waals surface area contributed by atoms with Gasteiger partial charge in [0.2, 0.25) is 5.95 Å². The van der Waals surface area contributed by atoms with Crippen molar-refractivity contribution in [3.05, 3.63) is 12.0 Å². The second-order valence-corrected chi connectivity index (χ2v) is 4.60. The first-order chi connectivity index (χ1) is 8.02. The third-order valence-corrected chi connectivity index (χ3v) is 2.29. The molecule has 0 aliphatic carbocycles. The minimum absolute atomic E-state index is 0.189. The number of hydrogen-bond acceptors (Lipinski definition) is 4. The van der Waals surface area contributed by atoms with Crippen LogP contribution in [0.4, 0.5) is 16.2 Å². The number of hydrogen-bond donors (Lipinski definition) is 2. The molecule has 0 radical (unpaired) electrons. The van der Waals surface area contributed by atoms with Crippen LogP contribution in [0.5, 0.6) is 0 Å². The van der Waals surface area contributed by atoms with Crippen LogP contribution in [0.3, 0.4) is 0 Å². The summed E-state index contributed by atoms with van der Waals surface area (Å²) >= 11 is 0. The summed E-state index contributed by atoms with van der Waals surface area (Å²) in [6, 6.07) is 0.189. The van der Waals surface area contributed by atoms with E-state index in [1.165, 1.54) is 6.20 Å². The van der Waals surface area contributed by atoms with Crippen LogP contribution in [0.15, 0.2) is 6.20 Å². The molecule has 1 aromatic heterocycles. The Kier molecular flexibility index (Phi) is 5.12. The highest BCUT2D eigenvalue weighted by atomic mass is 19.1. The Morgan fingerprint density at radius 1 is 1.35 bits per heavy atom. The topological polar surface area (TPSA) is 49.8 Å². The first kappa shape index (κ1) is 13.7. The fraction of sp³-hybridized carbons (Fsp3) is 0.667. The highest BCUT2D eigenvalue weighted by Crippen LogP contribution is 2.15. The summed E-state index contributed by atoms with van der Waals surface area (Å²) in [5.41, 5.74) is 0. The summed E-state index contributed by atoms with van der Waals surface area (Å²) < 4.78 is 13.5. The SMILES string of the molecule is CCNc1ncc(F)c(NC(C)CC(C)C)n1. The van der Waals surface area contributed by atoms with Crippen LogP contribution in [0.2, 0.25) is 0 Å². The fourth-order valence-electron chi connectivity index (χ4n) is 1.71. The Morgan fingerprint density at radius 2 is 2.06 bits per heavy atom. The van der Waals surface area contributed by atoms with Gasteiger partial charge in [0.25, 0.3) is 0 Å². The highest BCUT2D eigenvalue weighted by Gasteiger charge is 2.10. The van der Waals surface area contributed by atoms with E-state index >= 15 is 0 Å². The van der Waals surface area contributed by atoms with Crippen molar-refractivity contribution in [1.29, 1.82) is 0 Å². The van der Waals surface area contributed by atoms with E-state index in [0.29, 0.717) is 18.4 Å². The van der Waals surface area contributed by atoms with E-state index in [-0.39, 0.29) is 11.9 Å². The zero-order valence-electron chi connectivity index (χ0n) is 10.9. The van der Waals surface area contributed by atoms with Gasteiger partial charge in [-0.1, -0.05) is 13.8 Å². The largest absolute Gasteiger partial charge is 0.365 e. The van der Waals surface area contributed by atoms with Crippen molar-refractivity contribution in [2.45, 2.75) is 40.2 Å². The zero-order valence-corrected chi connectivity index (χ0v) is 10.9. The van der Waals surface area contributed by atoms with Gasteiger partial charge in [0.15, 0.2) is 11.6 Å². The van der Waals surface area contributed by atoms with E-state index in [9.17, 15) is 4.39 Å². The Morgan fingerprint density at radius 3 is 2.65 bits per heavy atom. The molecule has 17 heavy (non-hydrogen) atoms. The molecule has 0 amide bonds. The van der Waals surface area contributed by atoms with E-state index in [0.717, 1.165) is 6.42 Å². The number of halogens is 1. The van der Waals surface area contributed by atoms with Crippen molar-refractivity contribution in [3.8, 4) is 0 Å². The molecule has 1 rings (SSSR count). The summed E-state index contributed by atoms with van der Waals surface area (Å²) in [6.45, 7) is 8.96. The summed E-state index contributed by atoms with van der Waals surface area (Å²) in [7, 11) is 0. The van der Waals surface area contributed by atoms with E-state index in [4.69, 9.17) is 0 Å². The van der Waals surface area contributed by atoms with Gasteiger partial charge < -0.3 is 10.6 Å². The van der Waals surface area contributed by atoms with Crippen LogP contribution in [0.1, 0.15) is 34.1 Å². The van der Waals surface area contributed by atoms with Gasteiger partial charge in [-0.3, -0.25) is 0 Å². The molecule has 1 aromatic rings. The first-order valence-electron chi connectivity index (χ1n) is 6.05. The predicted octanol–water partition coefficient (Wildman–Crippen LogP) is 2.89. The van der Waals surface area contributed by atoms with Crippen molar-refractivity contribution < 1.29 is 4.39 Å². The average molecular weight is 240 g/mol. The molecule has 0 bridgehead atoms. The van der Waals surface area contributed by atoms with E-state index < -0.39 is 5.82 Å². The monoisotopic (exact) mass is 240 g/mol. The lowest BCUT2D eigenvalue weighted by Gasteiger charge is -2.17. The quantitative estimate of drug-likeness (QED) is 0.802. The van der Waals surface area contributed by atoms with Gasteiger partial charge >= 0.3 is 0 Å². The lowest BCUT2D eigenvalue weighted by Crippen LogP contribution is -2.19. The molecule has 5 heteroatoms. The maximum Gasteiger partial charge on any atom is 0.224 e. The van der Waals surface area contributed by atoms with E-state index in [2.05, 4.69) is 34.4 Å². The van der Waals surface area contributed by atoms with Crippen LogP contribution < -0.4 is 10.6 Å². The number of nitrogens with one attached hydrogen (secondary N) is 2. The Labute approximate surface area is 102 Å². The lowest BCUT2D eigenvalue weighted by molar-refractivity contribution is 0.533. The van der Waals surface area contributed by atoms with Gasteiger partial charge in [0.05, 0.1) is 6.20 Å². The van der Waals surface area contributed by atoms with E-state index in [1.807, 2.05) is 13.8 Å². The van der Waals surface area contributed by atoms with Crippen molar-refractivity contribution in [3.63, 3.8) is 0 Å². The van der Waals surface area contributed by atoms with Gasteiger partial charge in [-0.15, -0.1) is 0 Å². The van der Waals surface area contributed by atoms with Gasteiger partial charge in [0, 0.05) is 12.6 Å². The van der Waals surface area contributed by atoms with Crippen LogP contribution in [-0.2, 0) is 0 Å². The van der Waals surface area contributed by atoms with Crippen LogP contribution in [0, 0.1) is 11.7 Å². The van der Waals surface area contributed by atoms with Crippen LogP contribution >= 0.6 is 0 Å². The molecule has 1 atom stereocenters. The maximum absolute atomic E-state index is 13.5. The minimum Gasteiger partial charge on any atom is -0.365 e. The Hall–Kier alpha value is -1.39. The molecule has 0 saturated heterocycles. The third kappa shape index (κ3) is 4.54. The summed E-state index contributed by atoms with van der Waals surface area (Å²) in [4.78, 5) is 7.96. The van der Waals surface area contributed by atoms with Gasteiger partial charge in [-0.2, -0.15) is 4.98 Å². The minimum atomic E-state index is -0.415. The zero-order chi connectivity index (χ0) is 12.8. The number of anilines is 2. The molecule has 0 aromatic carbocycles. The average Bonchev–Trinajstić information content (AvgIpc) is 2.22. The lowest BCUT2D eigenvalue weighted by atomic mass is 10.1. The molecule has 0 spiro atoms. The van der Waals surface area contributed by atoms with Crippen LogP contribution in [-0.4, -0.2) is 22.6 Å². The number of rotatable bonds is 6. The molecule has 96 valence electrons. The van der Waals surface area contributed by atoms with Crippen molar-refractivity contribution >= 4 is 11.8 Å². The van der Waals surface area contributed by atoms with Crippen molar-refractivity contribution in [2.75, 3.05) is 17.2 Å². The standard InChI is InChI=1S/C12H21FN4/c1-5-14-12-15-7-10(13)11(17-12)16-9(4)6-8(2)3/h7-9H,5-6H2,1-4H3,(H2,14,15,16,17). The number of aromatic nitrogens is 2.